The maximum atomic E-state index is 4.37. The molecule has 2 rings (SSSR count). The number of nitrogens with zero attached hydrogens (tertiary/aromatic N) is 1. The molecule has 1 N–H and O–H groups in total. The van der Waals surface area contributed by atoms with Crippen LogP contribution in [0.3, 0.4) is 0 Å². The molecule has 0 atom stereocenters. The van der Waals surface area contributed by atoms with E-state index in [1.54, 1.807) is 11.3 Å². The Bertz CT molecular complexity index is 313. The lowest BCUT2D eigenvalue weighted by Crippen LogP contribution is -2.25. The lowest BCUT2D eigenvalue weighted by molar-refractivity contribution is 0.281. The Labute approximate surface area is 102 Å². The largest absolute Gasteiger partial charge is 0.310 e. The van der Waals surface area contributed by atoms with Gasteiger partial charge in [-0.15, -0.1) is 11.3 Å². The van der Waals surface area contributed by atoms with E-state index in [2.05, 4.69) is 24.1 Å². The quantitative estimate of drug-likeness (QED) is 0.870. The molecule has 0 spiro atoms. The molecule has 0 radical (unpaired) electrons. The van der Waals surface area contributed by atoms with Crippen LogP contribution >= 0.6 is 11.3 Å². The number of hydrogen-bond acceptors (Lipinski definition) is 3. The van der Waals surface area contributed by atoms with Crippen molar-refractivity contribution in [3.05, 3.63) is 16.1 Å². The van der Waals surface area contributed by atoms with Crippen LogP contribution in [-0.2, 0) is 6.54 Å². The molecule has 1 fully saturated rings. The normalized spacial score (nSPS) is 25.9. The third kappa shape index (κ3) is 3.56. The zero-order chi connectivity index (χ0) is 11.4. The lowest BCUT2D eigenvalue weighted by atomic mass is 9.83. The molecule has 16 heavy (non-hydrogen) atoms. The topological polar surface area (TPSA) is 24.9 Å². The summed E-state index contributed by atoms with van der Waals surface area (Å²) >= 11 is 1.80. The van der Waals surface area contributed by atoms with Gasteiger partial charge in [-0.2, -0.15) is 0 Å². The number of aryl methyl sites for hydroxylation is 1. The third-order valence-corrected chi connectivity index (χ3v) is 4.43. The van der Waals surface area contributed by atoms with Gasteiger partial charge in [0.25, 0.3) is 0 Å². The summed E-state index contributed by atoms with van der Waals surface area (Å²) in [6.07, 6.45) is 7.62. The summed E-state index contributed by atoms with van der Waals surface area (Å²) in [7, 11) is 0. The summed E-state index contributed by atoms with van der Waals surface area (Å²) in [5.41, 5.74) is 0. The van der Waals surface area contributed by atoms with Crippen LogP contribution in [0, 0.1) is 18.8 Å². The Morgan fingerprint density at radius 3 is 2.75 bits per heavy atom. The van der Waals surface area contributed by atoms with E-state index < -0.39 is 0 Å². The van der Waals surface area contributed by atoms with E-state index >= 15 is 0 Å². The SMILES string of the molecule is Cc1cnc(CNCC2CCC(C)CC2)s1. The summed E-state index contributed by atoms with van der Waals surface area (Å²) in [4.78, 5) is 5.68. The van der Waals surface area contributed by atoms with Crippen LogP contribution in [0.5, 0.6) is 0 Å². The van der Waals surface area contributed by atoms with Crippen LogP contribution in [0.1, 0.15) is 42.5 Å². The van der Waals surface area contributed by atoms with Crippen molar-refractivity contribution in [3.63, 3.8) is 0 Å². The summed E-state index contributed by atoms with van der Waals surface area (Å²) in [6, 6.07) is 0. The second-order valence-corrected chi connectivity index (χ2v) is 6.44. The summed E-state index contributed by atoms with van der Waals surface area (Å²) in [5.74, 6) is 1.86. The second-order valence-electron chi connectivity index (χ2n) is 5.12. The smallest absolute Gasteiger partial charge is 0.107 e. The summed E-state index contributed by atoms with van der Waals surface area (Å²) < 4.78 is 0. The van der Waals surface area contributed by atoms with Gasteiger partial charge in [-0.25, -0.2) is 4.98 Å². The minimum absolute atomic E-state index is 0.900. The van der Waals surface area contributed by atoms with Gasteiger partial charge in [0.05, 0.1) is 0 Å². The Morgan fingerprint density at radius 2 is 2.12 bits per heavy atom. The zero-order valence-electron chi connectivity index (χ0n) is 10.3. The van der Waals surface area contributed by atoms with Crippen molar-refractivity contribution in [2.45, 2.75) is 46.1 Å². The molecule has 1 aliphatic carbocycles. The molecule has 90 valence electrons. The van der Waals surface area contributed by atoms with Crippen molar-refractivity contribution in [2.75, 3.05) is 6.54 Å². The van der Waals surface area contributed by atoms with E-state index in [0.717, 1.165) is 18.4 Å². The minimum Gasteiger partial charge on any atom is -0.310 e. The molecule has 2 nitrogen and oxygen atoms in total. The van der Waals surface area contributed by atoms with E-state index in [4.69, 9.17) is 0 Å². The molecule has 1 aliphatic rings. The van der Waals surface area contributed by atoms with Gasteiger partial charge < -0.3 is 5.32 Å². The third-order valence-electron chi connectivity index (χ3n) is 3.51. The number of hydrogen-bond donors (Lipinski definition) is 1. The van der Waals surface area contributed by atoms with E-state index in [1.165, 1.54) is 42.1 Å². The van der Waals surface area contributed by atoms with Crippen LogP contribution in [0.2, 0.25) is 0 Å². The van der Waals surface area contributed by atoms with Crippen molar-refractivity contribution < 1.29 is 0 Å². The summed E-state index contributed by atoms with van der Waals surface area (Å²) in [6.45, 7) is 6.61. The molecule has 0 bridgehead atoms. The highest BCUT2D eigenvalue weighted by molar-refractivity contribution is 7.11. The van der Waals surface area contributed by atoms with Crippen molar-refractivity contribution in [2.24, 2.45) is 11.8 Å². The predicted octanol–water partition coefficient (Wildman–Crippen LogP) is 3.37. The van der Waals surface area contributed by atoms with Gasteiger partial charge >= 0.3 is 0 Å². The fourth-order valence-electron chi connectivity index (χ4n) is 2.40. The Morgan fingerprint density at radius 1 is 1.38 bits per heavy atom. The average molecular weight is 238 g/mol. The molecule has 0 unspecified atom stereocenters. The van der Waals surface area contributed by atoms with Gasteiger partial charge in [0, 0.05) is 17.6 Å². The first-order valence-corrected chi connectivity index (χ1v) is 7.17. The number of thiazole rings is 1. The molecular formula is C13H22N2S. The molecule has 1 saturated carbocycles. The van der Waals surface area contributed by atoms with Crippen LogP contribution < -0.4 is 5.32 Å². The maximum absolute atomic E-state index is 4.37. The first-order chi connectivity index (χ1) is 7.74. The Balaban J connectivity index is 1.64. The van der Waals surface area contributed by atoms with Crippen molar-refractivity contribution in [1.82, 2.24) is 10.3 Å². The Hall–Kier alpha value is -0.410. The molecule has 0 aliphatic heterocycles. The highest BCUT2D eigenvalue weighted by Gasteiger charge is 2.17. The van der Waals surface area contributed by atoms with E-state index in [-0.39, 0.29) is 0 Å². The minimum atomic E-state index is 0.900. The van der Waals surface area contributed by atoms with E-state index in [1.807, 2.05) is 6.20 Å². The zero-order valence-corrected chi connectivity index (χ0v) is 11.1. The summed E-state index contributed by atoms with van der Waals surface area (Å²) in [5, 5.41) is 4.77. The highest BCUT2D eigenvalue weighted by atomic mass is 32.1. The fraction of sp³-hybridized carbons (Fsp3) is 0.769. The molecule has 0 amide bonds. The van der Waals surface area contributed by atoms with Gasteiger partial charge in [-0.3, -0.25) is 0 Å². The fourth-order valence-corrected chi connectivity index (χ4v) is 3.16. The Kier molecular flexibility index (Phi) is 4.36. The van der Waals surface area contributed by atoms with Gasteiger partial charge in [-0.1, -0.05) is 19.8 Å². The van der Waals surface area contributed by atoms with Gasteiger partial charge in [0.15, 0.2) is 0 Å². The van der Waals surface area contributed by atoms with E-state index in [9.17, 15) is 0 Å². The molecule has 0 aromatic carbocycles. The number of nitrogens with one attached hydrogen (secondary N) is 1. The molecular weight excluding hydrogens is 216 g/mol. The van der Waals surface area contributed by atoms with Gasteiger partial charge in [0.1, 0.15) is 5.01 Å². The average Bonchev–Trinajstić information content (AvgIpc) is 2.67. The lowest BCUT2D eigenvalue weighted by Gasteiger charge is -2.26. The number of rotatable bonds is 4. The van der Waals surface area contributed by atoms with E-state index in [0.29, 0.717) is 0 Å². The number of aromatic nitrogens is 1. The van der Waals surface area contributed by atoms with Crippen LogP contribution in [0.25, 0.3) is 0 Å². The molecule has 1 heterocycles. The molecule has 1 aromatic heterocycles. The first kappa shape index (κ1) is 12.1. The molecule has 1 aromatic rings. The second kappa shape index (κ2) is 5.78. The van der Waals surface area contributed by atoms with Crippen molar-refractivity contribution in [3.8, 4) is 0 Å². The van der Waals surface area contributed by atoms with Crippen LogP contribution in [0.15, 0.2) is 6.20 Å². The monoisotopic (exact) mass is 238 g/mol. The van der Waals surface area contributed by atoms with Crippen molar-refractivity contribution >= 4 is 11.3 Å². The first-order valence-electron chi connectivity index (χ1n) is 6.36. The van der Waals surface area contributed by atoms with Gasteiger partial charge in [-0.05, 0) is 38.1 Å². The molecule has 0 saturated heterocycles. The van der Waals surface area contributed by atoms with Gasteiger partial charge in [0.2, 0.25) is 0 Å². The standard InChI is InChI=1S/C13H22N2S/c1-10-3-5-12(6-4-10)8-14-9-13-15-7-11(2)16-13/h7,10,12,14H,3-6,8-9H2,1-2H3. The van der Waals surface area contributed by atoms with Crippen LogP contribution in [-0.4, -0.2) is 11.5 Å². The predicted molar refractivity (Wildman–Crippen MR) is 69.7 cm³/mol. The maximum Gasteiger partial charge on any atom is 0.107 e. The highest BCUT2D eigenvalue weighted by Crippen LogP contribution is 2.27. The van der Waals surface area contributed by atoms with Crippen molar-refractivity contribution in [1.29, 1.82) is 0 Å². The van der Waals surface area contributed by atoms with Crippen LogP contribution in [0.4, 0.5) is 0 Å². The molecule has 3 heteroatoms.